The lowest BCUT2D eigenvalue weighted by atomic mass is 10.1. The first-order valence-corrected chi connectivity index (χ1v) is 9.05. The highest BCUT2D eigenvalue weighted by molar-refractivity contribution is 5.68. The average molecular weight is 364 g/mol. The zero-order valence-corrected chi connectivity index (χ0v) is 16.1. The zero-order valence-electron chi connectivity index (χ0n) is 16.1. The van der Waals surface area contributed by atoms with Crippen LogP contribution in [0, 0.1) is 13.8 Å². The van der Waals surface area contributed by atoms with Gasteiger partial charge in [-0.15, -0.1) is 0 Å². The lowest BCUT2D eigenvalue weighted by molar-refractivity contribution is 0.254. The fourth-order valence-electron chi connectivity index (χ4n) is 3.19. The third-order valence-electron chi connectivity index (χ3n) is 4.70. The zero-order chi connectivity index (χ0) is 19.0. The molecule has 8 heteroatoms. The maximum absolute atomic E-state index is 4.76. The number of hydrogen-bond donors (Lipinski definition) is 2. The van der Waals surface area contributed by atoms with Crippen molar-refractivity contribution >= 4 is 17.5 Å². The quantitative estimate of drug-likeness (QED) is 0.736. The van der Waals surface area contributed by atoms with Gasteiger partial charge in [-0.25, -0.2) is 14.6 Å². The molecule has 0 spiro atoms. The third kappa shape index (κ3) is 3.61. The van der Waals surface area contributed by atoms with Crippen LogP contribution in [-0.4, -0.2) is 50.3 Å². The lowest BCUT2D eigenvalue weighted by Gasteiger charge is -2.21. The summed E-state index contributed by atoms with van der Waals surface area (Å²) in [6.07, 6.45) is 0. The number of rotatable bonds is 4. The minimum Gasteiger partial charge on any atom is -0.373 e. The highest BCUT2D eigenvalue weighted by Crippen LogP contribution is 2.26. The van der Waals surface area contributed by atoms with Gasteiger partial charge >= 0.3 is 0 Å². The van der Waals surface area contributed by atoms with Gasteiger partial charge in [0.15, 0.2) is 5.82 Å². The first-order chi connectivity index (χ1) is 13.0. The van der Waals surface area contributed by atoms with Gasteiger partial charge in [0.1, 0.15) is 11.6 Å². The van der Waals surface area contributed by atoms with Gasteiger partial charge in [-0.2, -0.15) is 10.1 Å². The summed E-state index contributed by atoms with van der Waals surface area (Å²) in [6.45, 7) is 6.72. The number of benzene rings is 1. The molecule has 3 aromatic rings. The number of likely N-dealkylation sites (N-methyl/N-ethyl adjacent to an activating group) is 1. The van der Waals surface area contributed by atoms with Crippen molar-refractivity contribution in [2.45, 2.75) is 26.9 Å². The van der Waals surface area contributed by atoms with E-state index in [0.717, 1.165) is 59.6 Å². The van der Waals surface area contributed by atoms with Gasteiger partial charge in [0.2, 0.25) is 5.95 Å². The van der Waals surface area contributed by atoms with E-state index in [9.17, 15) is 0 Å². The average Bonchev–Trinajstić information content (AvgIpc) is 3.05. The summed E-state index contributed by atoms with van der Waals surface area (Å²) in [5.74, 6) is 3.12. The molecule has 0 saturated carbocycles. The Hall–Kier alpha value is -3.00. The summed E-state index contributed by atoms with van der Waals surface area (Å²) in [5.41, 5.74) is 3.97. The van der Waals surface area contributed by atoms with E-state index in [-0.39, 0.29) is 0 Å². The number of aryl methyl sites for hydroxylation is 2. The van der Waals surface area contributed by atoms with Gasteiger partial charge in [-0.05, 0) is 38.6 Å². The molecule has 0 saturated heterocycles. The van der Waals surface area contributed by atoms with E-state index in [1.807, 2.05) is 30.8 Å². The molecule has 27 heavy (non-hydrogen) atoms. The van der Waals surface area contributed by atoms with Crippen molar-refractivity contribution in [1.82, 2.24) is 29.6 Å². The highest BCUT2D eigenvalue weighted by Gasteiger charge is 2.19. The van der Waals surface area contributed by atoms with Crippen LogP contribution in [0.25, 0.3) is 11.4 Å². The van der Waals surface area contributed by atoms with E-state index in [0.29, 0.717) is 5.95 Å². The molecular formula is C19H24N8. The van der Waals surface area contributed by atoms with Crippen LogP contribution in [0.1, 0.15) is 17.1 Å². The Kier molecular flexibility index (Phi) is 4.49. The smallest absolute Gasteiger partial charge is 0.229 e. The number of anilines is 3. The van der Waals surface area contributed by atoms with Crippen molar-refractivity contribution in [2.75, 3.05) is 31.3 Å². The molecule has 0 atom stereocenters. The lowest BCUT2D eigenvalue weighted by Crippen LogP contribution is -2.30. The van der Waals surface area contributed by atoms with Crippen molar-refractivity contribution in [3.63, 3.8) is 0 Å². The predicted molar refractivity (Wildman–Crippen MR) is 106 cm³/mol. The molecule has 4 rings (SSSR count). The van der Waals surface area contributed by atoms with Crippen LogP contribution < -0.4 is 10.6 Å². The fourth-order valence-corrected chi connectivity index (χ4v) is 3.19. The number of nitrogens with zero attached hydrogens (tertiary/aromatic N) is 6. The van der Waals surface area contributed by atoms with Crippen molar-refractivity contribution in [3.05, 3.63) is 41.3 Å². The second kappa shape index (κ2) is 6.96. The van der Waals surface area contributed by atoms with Crippen molar-refractivity contribution in [1.29, 1.82) is 0 Å². The van der Waals surface area contributed by atoms with Crippen molar-refractivity contribution in [3.8, 4) is 11.4 Å². The second-order valence-electron chi connectivity index (χ2n) is 6.94. The molecule has 0 amide bonds. The largest absolute Gasteiger partial charge is 0.373 e. The Bertz CT molecular complexity index is 978. The normalized spacial score (nSPS) is 14.1. The topological polar surface area (TPSA) is 83.8 Å². The van der Waals surface area contributed by atoms with Gasteiger partial charge in [-0.1, -0.05) is 6.07 Å². The van der Waals surface area contributed by atoms with Gasteiger partial charge < -0.3 is 10.6 Å². The molecule has 0 unspecified atom stereocenters. The summed E-state index contributed by atoms with van der Waals surface area (Å²) in [6, 6.07) is 8.05. The summed E-state index contributed by atoms with van der Waals surface area (Å²) >= 11 is 0. The molecule has 8 nitrogen and oxygen atoms in total. The minimum atomic E-state index is 0.563. The number of nitrogens with one attached hydrogen (secondary N) is 2. The Morgan fingerprint density at radius 1 is 1.04 bits per heavy atom. The van der Waals surface area contributed by atoms with E-state index >= 15 is 0 Å². The molecule has 1 aromatic carbocycles. The minimum absolute atomic E-state index is 0.563. The van der Waals surface area contributed by atoms with Crippen molar-refractivity contribution < 1.29 is 0 Å². The predicted octanol–water partition coefficient (Wildman–Crippen LogP) is 2.58. The Morgan fingerprint density at radius 2 is 1.89 bits per heavy atom. The molecular weight excluding hydrogens is 340 g/mol. The molecule has 0 bridgehead atoms. The molecule has 140 valence electrons. The SMILES string of the molecule is CNc1cc(C)nc(Nc2ccc(C)c(-c3nc4n(n3)CCN(C)C4)c2)n1. The third-order valence-corrected chi connectivity index (χ3v) is 4.70. The highest BCUT2D eigenvalue weighted by atomic mass is 15.4. The van der Waals surface area contributed by atoms with E-state index in [1.165, 1.54) is 0 Å². The first-order valence-electron chi connectivity index (χ1n) is 9.05. The number of hydrogen-bond acceptors (Lipinski definition) is 7. The van der Waals surface area contributed by atoms with E-state index < -0.39 is 0 Å². The molecule has 3 heterocycles. The van der Waals surface area contributed by atoms with Crippen LogP contribution in [0.5, 0.6) is 0 Å². The maximum Gasteiger partial charge on any atom is 0.229 e. The van der Waals surface area contributed by atoms with Crippen LogP contribution in [0.2, 0.25) is 0 Å². The molecule has 2 aromatic heterocycles. The van der Waals surface area contributed by atoms with Crippen molar-refractivity contribution in [2.24, 2.45) is 0 Å². The molecule has 1 aliphatic heterocycles. The van der Waals surface area contributed by atoms with Crippen LogP contribution in [0.15, 0.2) is 24.3 Å². The van der Waals surface area contributed by atoms with Gasteiger partial charge in [0.25, 0.3) is 0 Å². The number of fused-ring (bicyclic) bond motifs is 1. The van der Waals surface area contributed by atoms with Gasteiger partial charge in [-0.3, -0.25) is 4.90 Å². The number of aromatic nitrogens is 5. The van der Waals surface area contributed by atoms with Crippen LogP contribution in [-0.2, 0) is 13.1 Å². The second-order valence-corrected chi connectivity index (χ2v) is 6.94. The van der Waals surface area contributed by atoms with Crippen LogP contribution >= 0.6 is 0 Å². The Balaban J connectivity index is 1.65. The standard InChI is InChI=1S/C19H24N8/c1-12-5-6-14(22-19-21-13(2)9-16(20-3)23-19)10-15(12)18-24-17-11-26(4)7-8-27(17)25-18/h5-6,9-10H,7-8,11H2,1-4H3,(H2,20,21,22,23). The first kappa shape index (κ1) is 17.4. The fraction of sp³-hybridized carbons (Fsp3) is 0.368. The van der Waals surface area contributed by atoms with E-state index in [2.05, 4.69) is 51.6 Å². The summed E-state index contributed by atoms with van der Waals surface area (Å²) < 4.78 is 2.01. The Labute approximate surface area is 158 Å². The van der Waals surface area contributed by atoms with Crippen LogP contribution in [0.4, 0.5) is 17.5 Å². The molecule has 2 N–H and O–H groups in total. The van der Waals surface area contributed by atoms with Gasteiger partial charge in [0.05, 0.1) is 13.1 Å². The molecule has 0 fully saturated rings. The molecule has 1 aliphatic rings. The van der Waals surface area contributed by atoms with E-state index in [4.69, 9.17) is 10.1 Å². The molecule has 0 aliphatic carbocycles. The maximum atomic E-state index is 4.76. The molecule has 0 radical (unpaired) electrons. The summed E-state index contributed by atoms with van der Waals surface area (Å²) in [4.78, 5) is 15.9. The van der Waals surface area contributed by atoms with Crippen LogP contribution in [0.3, 0.4) is 0 Å². The summed E-state index contributed by atoms with van der Waals surface area (Å²) in [7, 11) is 3.95. The summed E-state index contributed by atoms with van der Waals surface area (Å²) in [5, 5.41) is 11.1. The Morgan fingerprint density at radius 3 is 2.70 bits per heavy atom. The van der Waals surface area contributed by atoms with E-state index in [1.54, 1.807) is 0 Å². The van der Waals surface area contributed by atoms with Gasteiger partial charge in [0, 0.05) is 36.6 Å². The monoisotopic (exact) mass is 364 g/mol.